The molecule has 0 aliphatic carbocycles. The summed E-state index contributed by atoms with van der Waals surface area (Å²) in [7, 11) is 1.81. The number of rotatable bonds is 6. The molecule has 0 unspecified atom stereocenters. The molecule has 0 spiro atoms. The fourth-order valence-corrected chi connectivity index (χ4v) is 1.89. The zero-order valence-electron chi connectivity index (χ0n) is 11.6. The van der Waals surface area contributed by atoms with Crippen LogP contribution < -0.4 is 10.2 Å². The number of carbonyl (C=O) groups is 1. The first-order valence-electron chi connectivity index (χ1n) is 6.68. The molecule has 0 saturated carbocycles. The molecule has 20 heavy (non-hydrogen) atoms. The molecule has 0 saturated heterocycles. The lowest BCUT2D eigenvalue weighted by Gasteiger charge is -2.17. The molecule has 4 nitrogen and oxygen atoms in total. The maximum atomic E-state index is 12.0. The van der Waals surface area contributed by atoms with E-state index in [4.69, 9.17) is 0 Å². The number of pyridine rings is 1. The Morgan fingerprint density at radius 1 is 1.15 bits per heavy atom. The van der Waals surface area contributed by atoms with Crippen LogP contribution in [0.1, 0.15) is 12.0 Å². The van der Waals surface area contributed by atoms with Crippen molar-refractivity contribution in [3.05, 3.63) is 60.4 Å². The van der Waals surface area contributed by atoms with Crippen LogP contribution >= 0.6 is 0 Å². The maximum absolute atomic E-state index is 12.0. The number of para-hydroxylation sites is 1. The molecule has 0 fully saturated rings. The van der Waals surface area contributed by atoms with E-state index in [0.29, 0.717) is 13.0 Å². The van der Waals surface area contributed by atoms with Gasteiger partial charge in [0.05, 0.1) is 0 Å². The molecule has 1 aromatic heterocycles. The molecule has 0 aliphatic heterocycles. The SMILES string of the molecule is CN(C(=O)CCNCc1ccncc1)c1ccccc1. The van der Waals surface area contributed by atoms with Gasteiger partial charge in [0.1, 0.15) is 0 Å². The van der Waals surface area contributed by atoms with Gasteiger partial charge in [-0.25, -0.2) is 0 Å². The van der Waals surface area contributed by atoms with Crippen LogP contribution in [0.2, 0.25) is 0 Å². The Kier molecular flexibility index (Phi) is 5.26. The minimum Gasteiger partial charge on any atom is -0.315 e. The van der Waals surface area contributed by atoms with Crippen LogP contribution in [0, 0.1) is 0 Å². The lowest BCUT2D eigenvalue weighted by atomic mass is 10.2. The van der Waals surface area contributed by atoms with E-state index in [2.05, 4.69) is 10.3 Å². The second kappa shape index (κ2) is 7.40. The van der Waals surface area contributed by atoms with Crippen LogP contribution in [0.25, 0.3) is 0 Å². The van der Waals surface area contributed by atoms with E-state index < -0.39 is 0 Å². The van der Waals surface area contributed by atoms with Gasteiger partial charge in [0, 0.05) is 44.6 Å². The van der Waals surface area contributed by atoms with Crippen molar-refractivity contribution in [1.82, 2.24) is 10.3 Å². The summed E-state index contributed by atoms with van der Waals surface area (Å²) in [4.78, 5) is 17.7. The summed E-state index contributed by atoms with van der Waals surface area (Å²) in [5.41, 5.74) is 2.09. The van der Waals surface area contributed by atoms with Crippen molar-refractivity contribution in [2.75, 3.05) is 18.5 Å². The third-order valence-electron chi connectivity index (χ3n) is 3.11. The molecule has 0 bridgehead atoms. The van der Waals surface area contributed by atoms with Crippen molar-refractivity contribution in [2.24, 2.45) is 0 Å². The van der Waals surface area contributed by atoms with Gasteiger partial charge in [-0.05, 0) is 29.8 Å². The van der Waals surface area contributed by atoms with E-state index >= 15 is 0 Å². The number of hydrogen-bond donors (Lipinski definition) is 1. The van der Waals surface area contributed by atoms with Crippen molar-refractivity contribution < 1.29 is 4.79 Å². The highest BCUT2D eigenvalue weighted by atomic mass is 16.2. The van der Waals surface area contributed by atoms with E-state index in [1.165, 1.54) is 5.56 Å². The molecular formula is C16H19N3O. The number of nitrogens with zero attached hydrogens (tertiary/aromatic N) is 2. The number of anilines is 1. The average Bonchev–Trinajstić information content (AvgIpc) is 2.52. The first-order chi connectivity index (χ1) is 9.77. The van der Waals surface area contributed by atoms with Gasteiger partial charge in [-0.2, -0.15) is 0 Å². The number of carbonyl (C=O) groups excluding carboxylic acids is 1. The molecule has 2 rings (SSSR count). The van der Waals surface area contributed by atoms with Crippen LogP contribution in [0.15, 0.2) is 54.9 Å². The molecule has 1 N–H and O–H groups in total. The standard InChI is InChI=1S/C16H19N3O/c1-19(15-5-3-2-4-6-15)16(20)9-12-18-13-14-7-10-17-11-8-14/h2-8,10-11,18H,9,12-13H2,1H3. The highest BCUT2D eigenvalue weighted by Crippen LogP contribution is 2.11. The van der Waals surface area contributed by atoms with Gasteiger partial charge in [0.2, 0.25) is 5.91 Å². The first kappa shape index (κ1) is 14.2. The Labute approximate surface area is 119 Å². The number of amides is 1. The van der Waals surface area contributed by atoms with Crippen LogP contribution in [-0.4, -0.2) is 24.5 Å². The molecular weight excluding hydrogens is 250 g/mol. The number of benzene rings is 1. The van der Waals surface area contributed by atoms with Crippen LogP contribution in [0.3, 0.4) is 0 Å². The molecule has 1 amide bonds. The third-order valence-corrected chi connectivity index (χ3v) is 3.11. The Hall–Kier alpha value is -2.20. The molecule has 4 heteroatoms. The fraction of sp³-hybridized carbons (Fsp3) is 0.250. The topological polar surface area (TPSA) is 45.2 Å². The number of nitrogens with one attached hydrogen (secondary N) is 1. The average molecular weight is 269 g/mol. The summed E-state index contributed by atoms with van der Waals surface area (Å²) >= 11 is 0. The predicted octanol–water partition coefficient (Wildman–Crippen LogP) is 2.22. The molecule has 104 valence electrons. The van der Waals surface area contributed by atoms with Crippen molar-refractivity contribution in [1.29, 1.82) is 0 Å². The quantitative estimate of drug-likeness (QED) is 0.818. The summed E-state index contributed by atoms with van der Waals surface area (Å²) in [5.74, 6) is 0.110. The van der Waals surface area contributed by atoms with E-state index in [-0.39, 0.29) is 5.91 Å². The second-order valence-corrected chi connectivity index (χ2v) is 4.57. The largest absolute Gasteiger partial charge is 0.315 e. The van der Waals surface area contributed by atoms with E-state index in [0.717, 1.165) is 12.2 Å². The molecule has 2 aromatic rings. The smallest absolute Gasteiger partial charge is 0.227 e. The minimum atomic E-state index is 0.110. The molecule has 0 atom stereocenters. The lowest BCUT2D eigenvalue weighted by Crippen LogP contribution is -2.29. The predicted molar refractivity (Wildman–Crippen MR) is 80.4 cm³/mol. The van der Waals surface area contributed by atoms with Gasteiger partial charge in [-0.3, -0.25) is 9.78 Å². The maximum Gasteiger partial charge on any atom is 0.227 e. The van der Waals surface area contributed by atoms with Crippen molar-refractivity contribution >= 4 is 11.6 Å². The normalized spacial score (nSPS) is 10.2. The summed E-state index contributed by atoms with van der Waals surface area (Å²) in [6.45, 7) is 1.42. The van der Waals surface area contributed by atoms with Gasteiger partial charge >= 0.3 is 0 Å². The van der Waals surface area contributed by atoms with Gasteiger partial charge in [0.25, 0.3) is 0 Å². The van der Waals surface area contributed by atoms with Crippen LogP contribution in [0.4, 0.5) is 5.69 Å². The number of hydrogen-bond acceptors (Lipinski definition) is 3. The molecule has 0 radical (unpaired) electrons. The van der Waals surface area contributed by atoms with Crippen LogP contribution in [-0.2, 0) is 11.3 Å². The first-order valence-corrected chi connectivity index (χ1v) is 6.68. The van der Waals surface area contributed by atoms with E-state index in [1.807, 2.05) is 42.5 Å². The van der Waals surface area contributed by atoms with E-state index in [9.17, 15) is 4.79 Å². The Balaban J connectivity index is 1.73. The molecule has 1 aromatic carbocycles. The van der Waals surface area contributed by atoms with Gasteiger partial charge < -0.3 is 10.2 Å². The van der Waals surface area contributed by atoms with Gasteiger partial charge in [0.15, 0.2) is 0 Å². The van der Waals surface area contributed by atoms with Crippen molar-refractivity contribution in [3.63, 3.8) is 0 Å². The van der Waals surface area contributed by atoms with E-state index in [1.54, 1.807) is 24.3 Å². The van der Waals surface area contributed by atoms with Gasteiger partial charge in [-0.15, -0.1) is 0 Å². The fourth-order valence-electron chi connectivity index (χ4n) is 1.89. The Morgan fingerprint density at radius 3 is 2.55 bits per heavy atom. The summed E-state index contributed by atoms with van der Waals surface area (Å²) in [6.07, 6.45) is 4.02. The van der Waals surface area contributed by atoms with Crippen molar-refractivity contribution in [3.8, 4) is 0 Å². The third kappa shape index (κ3) is 4.17. The molecule has 1 heterocycles. The van der Waals surface area contributed by atoms with Crippen LogP contribution in [0.5, 0.6) is 0 Å². The Morgan fingerprint density at radius 2 is 1.85 bits per heavy atom. The number of aromatic nitrogens is 1. The Bertz CT molecular complexity index is 528. The summed E-state index contributed by atoms with van der Waals surface area (Å²) in [6, 6.07) is 13.6. The zero-order chi connectivity index (χ0) is 14.2. The highest BCUT2D eigenvalue weighted by Gasteiger charge is 2.09. The second-order valence-electron chi connectivity index (χ2n) is 4.57. The highest BCUT2D eigenvalue weighted by molar-refractivity contribution is 5.92. The van der Waals surface area contributed by atoms with Crippen molar-refractivity contribution in [2.45, 2.75) is 13.0 Å². The lowest BCUT2D eigenvalue weighted by molar-refractivity contribution is -0.118. The molecule has 0 aliphatic rings. The summed E-state index contributed by atoms with van der Waals surface area (Å²) in [5, 5.41) is 3.26. The monoisotopic (exact) mass is 269 g/mol. The van der Waals surface area contributed by atoms with Gasteiger partial charge in [-0.1, -0.05) is 18.2 Å². The minimum absolute atomic E-state index is 0.110. The summed E-state index contributed by atoms with van der Waals surface area (Å²) < 4.78 is 0. The zero-order valence-corrected chi connectivity index (χ0v) is 11.6.